The summed E-state index contributed by atoms with van der Waals surface area (Å²) in [6.45, 7) is 3.96. The van der Waals surface area contributed by atoms with Crippen LogP contribution in [0.5, 0.6) is 0 Å². The number of aromatic nitrogens is 2. The number of rotatable bonds is 5. The first-order valence-electron chi connectivity index (χ1n) is 8.28. The number of ether oxygens (including phenoxy) is 1. The van der Waals surface area contributed by atoms with Crippen molar-refractivity contribution in [1.29, 1.82) is 0 Å². The third kappa shape index (κ3) is 3.74. The van der Waals surface area contributed by atoms with Crippen molar-refractivity contribution in [2.75, 3.05) is 7.11 Å². The largest absolute Gasteiger partial charge is 0.467 e. The van der Waals surface area contributed by atoms with Crippen LogP contribution in [0.15, 0.2) is 0 Å². The van der Waals surface area contributed by atoms with E-state index in [1.807, 2.05) is 25.6 Å². The smallest absolute Gasteiger partial charge is 0.331 e. The van der Waals surface area contributed by atoms with Crippen LogP contribution in [0, 0.1) is 13.8 Å². The fourth-order valence-electron chi connectivity index (χ4n) is 3.48. The topological polar surface area (TPSA) is 73.2 Å². The van der Waals surface area contributed by atoms with Crippen LogP contribution in [-0.2, 0) is 27.8 Å². The Hall–Kier alpha value is -1.85. The van der Waals surface area contributed by atoms with Crippen molar-refractivity contribution in [3.63, 3.8) is 0 Å². The molecule has 1 aliphatic rings. The highest BCUT2D eigenvalue weighted by Gasteiger charge is 2.41. The lowest BCUT2D eigenvalue weighted by Gasteiger charge is -2.35. The van der Waals surface area contributed by atoms with Gasteiger partial charge in [-0.2, -0.15) is 5.10 Å². The number of esters is 1. The molecule has 1 aliphatic carbocycles. The molecule has 1 heterocycles. The van der Waals surface area contributed by atoms with E-state index in [1.165, 1.54) is 7.11 Å². The van der Waals surface area contributed by atoms with Crippen molar-refractivity contribution in [3.8, 4) is 0 Å². The second-order valence-electron chi connectivity index (χ2n) is 6.46. The Morgan fingerprint density at radius 1 is 1.26 bits per heavy atom. The molecule has 1 aromatic heterocycles. The highest BCUT2D eigenvalue weighted by molar-refractivity contribution is 5.88. The second kappa shape index (κ2) is 7.15. The average molecular weight is 321 g/mol. The fraction of sp³-hybridized carbons (Fsp3) is 0.706. The zero-order chi connectivity index (χ0) is 17.0. The van der Waals surface area contributed by atoms with Crippen molar-refractivity contribution in [2.24, 2.45) is 7.05 Å². The zero-order valence-electron chi connectivity index (χ0n) is 14.6. The van der Waals surface area contributed by atoms with E-state index in [9.17, 15) is 9.59 Å². The molecule has 0 atom stereocenters. The Morgan fingerprint density at radius 3 is 2.43 bits per heavy atom. The molecule has 1 fully saturated rings. The van der Waals surface area contributed by atoms with Crippen LogP contribution in [-0.4, -0.2) is 34.3 Å². The highest BCUT2D eigenvalue weighted by atomic mass is 16.5. The molecule has 128 valence electrons. The van der Waals surface area contributed by atoms with Crippen molar-refractivity contribution in [2.45, 2.75) is 64.3 Å². The molecule has 1 saturated carbocycles. The molecule has 0 aliphatic heterocycles. The average Bonchev–Trinajstić information content (AvgIpc) is 2.78. The van der Waals surface area contributed by atoms with Gasteiger partial charge in [-0.15, -0.1) is 0 Å². The molecule has 0 saturated heterocycles. The molecule has 1 N–H and O–H groups in total. The van der Waals surface area contributed by atoms with Crippen LogP contribution in [0.2, 0.25) is 0 Å². The molecule has 1 amide bonds. The summed E-state index contributed by atoms with van der Waals surface area (Å²) in [4.78, 5) is 24.6. The van der Waals surface area contributed by atoms with Crippen LogP contribution in [0.25, 0.3) is 0 Å². The number of hydrogen-bond acceptors (Lipinski definition) is 4. The highest BCUT2D eigenvalue weighted by Crippen LogP contribution is 2.29. The van der Waals surface area contributed by atoms with E-state index in [2.05, 4.69) is 10.4 Å². The molecule has 6 heteroatoms. The van der Waals surface area contributed by atoms with Crippen LogP contribution in [0.4, 0.5) is 0 Å². The fourth-order valence-corrected chi connectivity index (χ4v) is 3.48. The third-order valence-electron chi connectivity index (χ3n) is 4.92. The van der Waals surface area contributed by atoms with Gasteiger partial charge in [0.25, 0.3) is 0 Å². The Labute approximate surface area is 137 Å². The number of hydrogen-bond donors (Lipinski definition) is 1. The summed E-state index contributed by atoms with van der Waals surface area (Å²) in [5, 5.41) is 7.33. The first-order chi connectivity index (χ1) is 10.9. The number of nitrogens with one attached hydrogen (secondary N) is 1. The lowest BCUT2D eigenvalue weighted by atomic mass is 9.81. The summed E-state index contributed by atoms with van der Waals surface area (Å²) in [6, 6.07) is 0. The van der Waals surface area contributed by atoms with Crippen LogP contribution in [0.1, 0.15) is 55.5 Å². The number of carbonyl (C=O) groups excluding carboxylic acids is 2. The van der Waals surface area contributed by atoms with Gasteiger partial charge in [-0.05, 0) is 38.7 Å². The number of carbonyl (C=O) groups is 2. The van der Waals surface area contributed by atoms with E-state index in [-0.39, 0.29) is 11.9 Å². The number of amides is 1. The quantitative estimate of drug-likeness (QED) is 0.842. The van der Waals surface area contributed by atoms with Gasteiger partial charge in [-0.3, -0.25) is 9.48 Å². The van der Waals surface area contributed by atoms with E-state index < -0.39 is 5.54 Å². The van der Waals surface area contributed by atoms with Crippen molar-refractivity contribution in [3.05, 3.63) is 17.0 Å². The summed E-state index contributed by atoms with van der Waals surface area (Å²) in [5.41, 5.74) is 2.32. The summed E-state index contributed by atoms with van der Waals surface area (Å²) < 4.78 is 6.76. The second-order valence-corrected chi connectivity index (χ2v) is 6.46. The van der Waals surface area contributed by atoms with Gasteiger partial charge in [0.15, 0.2) is 0 Å². The molecular weight excluding hydrogens is 294 g/mol. The third-order valence-corrected chi connectivity index (χ3v) is 4.92. The predicted octanol–water partition coefficient (Wildman–Crippen LogP) is 1.96. The van der Waals surface area contributed by atoms with Crippen LogP contribution >= 0.6 is 0 Å². The first-order valence-corrected chi connectivity index (χ1v) is 8.28. The van der Waals surface area contributed by atoms with E-state index in [0.29, 0.717) is 25.7 Å². The lowest BCUT2D eigenvalue weighted by Crippen LogP contribution is -2.56. The van der Waals surface area contributed by atoms with Gasteiger partial charge >= 0.3 is 5.97 Å². The Kier molecular flexibility index (Phi) is 5.44. The normalized spacial score (nSPS) is 16.9. The van der Waals surface area contributed by atoms with E-state index in [0.717, 1.165) is 36.2 Å². The van der Waals surface area contributed by atoms with E-state index >= 15 is 0 Å². The molecule has 0 radical (unpaired) electrons. The number of nitrogens with zero attached hydrogens (tertiary/aromatic N) is 2. The molecule has 1 aromatic rings. The number of methoxy groups -OCH3 is 1. The Balaban J connectivity index is 2.01. The maximum absolute atomic E-state index is 12.4. The SMILES string of the molecule is COC(=O)C1(NC(=O)CCc2c(C)nn(C)c2C)CCCCC1. The molecule has 23 heavy (non-hydrogen) atoms. The zero-order valence-corrected chi connectivity index (χ0v) is 14.6. The van der Waals surface area contributed by atoms with Gasteiger partial charge in [0.05, 0.1) is 12.8 Å². The van der Waals surface area contributed by atoms with Crippen molar-refractivity contribution < 1.29 is 14.3 Å². The Morgan fingerprint density at radius 2 is 1.91 bits per heavy atom. The maximum atomic E-state index is 12.4. The van der Waals surface area contributed by atoms with Crippen molar-refractivity contribution >= 4 is 11.9 Å². The van der Waals surface area contributed by atoms with E-state index in [1.54, 1.807) is 0 Å². The molecule has 0 aromatic carbocycles. The minimum Gasteiger partial charge on any atom is -0.467 e. The standard InChI is InChI=1S/C17H27N3O3/c1-12-14(13(2)20(3)19-12)8-9-15(21)18-17(16(22)23-4)10-6-5-7-11-17/h5-11H2,1-4H3,(H,18,21). The monoisotopic (exact) mass is 321 g/mol. The van der Waals surface area contributed by atoms with Gasteiger partial charge in [-0.1, -0.05) is 19.3 Å². The Bertz CT molecular complexity index is 586. The number of aryl methyl sites for hydroxylation is 2. The van der Waals surface area contributed by atoms with Gasteiger partial charge in [0, 0.05) is 19.2 Å². The first kappa shape index (κ1) is 17.5. The van der Waals surface area contributed by atoms with Gasteiger partial charge in [0.2, 0.25) is 5.91 Å². The summed E-state index contributed by atoms with van der Waals surface area (Å²) in [6.07, 6.45) is 5.29. The minimum atomic E-state index is -0.830. The summed E-state index contributed by atoms with van der Waals surface area (Å²) >= 11 is 0. The van der Waals surface area contributed by atoms with Crippen molar-refractivity contribution in [1.82, 2.24) is 15.1 Å². The lowest BCUT2D eigenvalue weighted by molar-refractivity contribution is -0.152. The summed E-state index contributed by atoms with van der Waals surface area (Å²) in [7, 11) is 3.29. The molecule has 6 nitrogen and oxygen atoms in total. The molecular formula is C17H27N3O3. The summed E-state index contributed by atoms with van der Waals surface area (Å²) in [5.74, 6) is -0.417. The molecule has 2 rings (SSSR count). The van der Waals surface area contributed by atoms with Gasteiger partial charge in [-0.25, -0.2) is 4.79 Å². The minimum absolute atomic E-state index is 0.0973. The van der Waals surface area contributed by atoms with Gasteiger partial charge in [0.1, 0.15) is 5.54 Å². The van der Waals surface area contributed by atoms with E-state index in [4.69, 9.17) is 4.74 Å². The van der Waals surface area contributed by atoms with Gasteiger partial charge < -0.3 is 10.1 Å². The molecule has 0 unspecified atom stereocenters. The molecule has 0 bridgehead atoms. The van der Waals surface area contributed by atoms with Crippen LogP contribution in [0.3, 0.4) is 0 Å². The van der Waals surface area contributed by atoms with Crippen LogP contribution < -0.4 is 5.32 Å². The predicted molar refractivity (Wildman–Crippen MR) is 87.0 cm³/mol. The maximum Gasteiger partial charge on any atom is 0.331 e. The molecule has 0 spiro atoms.